The minimum atomic E-state index is -0.191. The molecule has 12 heteroatoms. The first kappa shape index (κ1) is 33.0. The zero-order valence-corrected chi connectivity index (χ0v) is 27.5. The van der Waals surface area contributed by atoms with Crippen LogP contribution in [-0.2, 0) is 0 Å². The number of hydrogen-bond donors (Lipinski definition) is 4. The average molecular weight is 653 g/mol. The second-order valence-electron chi connectivity index (χ2n) is 13.9. The summed E-state index contributed by atoms with van der Waals surface area (Å²) in [7, 11) is 3.06. The molecule has 2 aromatic rings. The molecule has 6 N–H and O–H groups in total. The van der Waals surface area contributed by atoms with Gasteiger partial charge in [0.1, 0.15) is 0 Å². The molecule has 2 aliphatic heterocycles. The molecule has 2 atom stereocenters. The summed E-state index contributed by atoms with van der Waals surface area (Å²) in [5.41, 5.74) is 14.3. The number of nitrogens with two attached hydrogens (primary N) is 2. The van der Waals surface area contributed by atoms with Gasteiger partial charge in [0.15, 0.2) is 23.0 Å². The molecule has 2 amide bonds. The number of amides is 2. The number of aliphatic hydroxyl groups excluding tert-OH is 2. The first-order valence-electron chi connectivity index (χ1n) is 16.7. The smallest absolute Gasteiger partial charge is 0.256 e. The van der Waals surface area contributed by atoms with Gasteiger partial charge in [-0.1, -0.05) is 0 Å². The number of nitrogens with zero attached hydrogens (tertiary/aromatic N) is 2. The molecule has 2 spiro atoms. The average Bonchev–Trinajstić information content (AvgIpc) is 3.93. The molecule has 6 rings (SSSR count). The van der Waals surface area contributed by atoms with Crippen molar-refractivity contribution in [3.8, 4) is 23.0 Å². The molecule has 2 aliphatic carbocycles. The van der Waals surface area contributed by atoms with Gasteiger partial charge in [-0.15, -0.1) is 0 Å². The van der Waals surface area contributed by atoms with E-state index in [0.29, 0.717) is 71.8 Å². The molecular formula is C35H48N4O8. The first-order valence-corrected chi connectivity index (χ1v) is 16.7. The summed E-state index contributed by atoms with van der Waals surface area (Å²) in [6.45, 7) is 2.02. The number of hydrogen-bond acceptors (Lipinski definition) is 10. The summed E-state index contributed by atoms with van der Waals surface area (Å²) in [6, 6.07) is 6.15. The van der Waals surface area contributed by atoms with Crippen molar-refractivity contribution in [3.63, 3.8) is 0 Å². The number of benzene rings is 2. The Hall–Kier alpha value is -3.90. The SMILES string of the molecule is COc1cc(C(=O)N2CC3(CC3)C[C@H]2CO)c(N)cc1OCCCCCOc1cc(N)c(C(=O)N2CC3(CC3)C[C@H]2CO)cc1OC. The van der Waals surface area contributed by atoms with Crippen molar-refractivity contribution in [1.29, 1.82) is 0 Å². The van der Waals surface area contributed by atoms with Crippen LogP contribution in [0.3, 0.4) is 0 Å². The van der Waals surface area contributed by atoms with E-state index in [1.807, 2.05) is 0 Å². The van der Waals surface area contributed by atoms with Crippen LogP contribution < -0.4 is 30.4 Å². The van der Waals surface area contributed by atoms with E-state index in [9.17, 15) is 19.8 Å². The molecule has 12 nitrogen and oxygen atoms in total. The Kier molecular flexibility index (Phi) is 9.35. The van der Waals surface area contributed by atoms with Gasteiger partial charge in [-0.2, -0.15) is 0 Å². The molecule has 0 bridgehead atoms. The number of aliphatic hydroxyl groups is 2. The van der Waals surface area contributed by atoms with Crippen LogP contribution in [0.15, 0.2) is 24.3 Å². The zero-order valence-electron chi connectivity index (χ0n) is 27.5. The Morgan fingerprint density at radius 2 is 1.11 bits per heavy atom. The normalized spacial score (nSPS) is 21.7. The molecule has 2 saturated carbocycles. The summed E-state index contributed by atoms with van der Waals surface area (Å²) in [5, 5.41) is 19.7. The Morgan fingerprint density at radius 3 is 1.45 bits per heavy atom. The standard InChI is InChI=1S/C35H48N4O8/c1-44-28-12-24(32(42)38-20-34(6-7-34)16-22(38)18-40)26(36)14-30(28)46-10-4-3-5-11-47-31-15-27(37)25(13-29(31)45-2)33(43)39-21-35(8-9-35)17-23(39)19-41/h12-15,22-23,40-41H,3-11,16-21,36-37H2,1-2H3/t22-,23-/m0/s1. The minimum Gasteiger partial charge on any atom is -0.493 e. The highest BCUT2D eigenvalue weighted by atomic mass is 16.5. The maximum Gasteiger partial charge on any atom is 0.256 e. The lowest BCUT2D eigenvalue weighted by Crippen LogP contribution is -2.38. The zero-order chi connectivity index (χ0) is 33.3. The number of carbonyl (C=O) groups excluding carboxylic acids is 2. The number of nitrogen functional groups attached to an aromatic ring is 2. The number of ether oxygens (including phenoxy) is 4. The molecule has 4 aliphatic rings. The number of unbranched alkanes of at least 4 members (excludes halogenated alkanes) is 2. The molecule has 0 radical (unpaired) electrons. The van der Waals surface area contributed by atoms with Crippen LogP contribution in [0.5, 0.6) is 23.0 Å². The quantitative estimate of drug-likeness (QED) is 0.175. The fourth-order valence-corrected chi connectivity index (χ4v) is 7.33. The van der Waals surface area contributed by atoms with Gasteiger partial charge in [0, 0.05) is 36.6 Å². The Bertz CT molecular complexity index is 1380. The lowest BCUT2D eigenvalue weighted by molar-refractivity contribution is 0.0669. The Morgan fingerprint density at radius 1 is 0.702 bits per heavy atom. The van der Waals surface area contributed by atoms with Gasteiger partial charge < -0.3 is 50.4 Å². The molecule has 0 aromatic heterocycles. The summed E-state index contributed by atoms with van der Waals surface area (Å²) < 4.78 is 23.0. The molecule has 4 fully saturated rings. The lowest BCUT2D eigenvalue weighted by Gasteiger charge is -2.24. The second-order valence-corrected chi connectivity index (χ2v) is 13.9. The molecule has 47 heavy (non-hydrogen) atoms. The predicted octanol–water partition coefficient (Wildman–Crippen LogP) is 3.47. The van der Waals surface area contributed by atoms with Gasteiger partial charge in [-0.3, -0.25) is 9.59 Å². The van der Waals surface area contributed by atoms with E-state index in [1.165, 1.54) is 14.2 Å². The van der Waals surface area contributed by atoms with Crippen molar-refractivity contribution in [1.82, 2.24) is 9.80 Å². The van der Waals surface area contributed by atoms with Crippen molar-refractivity contribution in [2.24, 2.45) is 10.8 Å². The van der Waals surface area contributed by atoms with Crippen LogP contribution >= 0.6 is 0 Å². The summed E-state index contributed by atoms with van der Waals surface area (Å²) in [4.78, 5) is 30.3. The molecule has 2 saturated heterocycles. The topological polar surface area (TPSA) is 170 Å². The maximum atomic E-state index is 13.4. The van der Waals surface area contributed by atoms with Crippen LogP contribution in [0.2, 0.25) is 0 Å². The monoisotopic (exact) mass is 652 g/mol. The van der Waals surface area contributed by atoms with Gasteiger partial charge in [0.05, 0.1) is 63.9 Å². The lowest BCUT2D eigenvalue weighted by atomic mass is 10.0. The molecule has 2 heterocycles. The largest absolute Gasteiger partial charge is 0.493 e. The summed E-state index contributed by atoms with van der Waals surface area (Å²) in [6.07, 6.45) is 8.35. The highest BCUT2D eigenvalue weighted by Gasteiger charge is 2.54. The van der Waals surface area contributed by atoms with Crippen molar-refractivity contribution >= 4 is 23.2 Å². The van der Waals surface area contributed by atoms with E-state index in [4.69, 9.17) is 30.4 Å². The van der Waals surface area contributed by atoms with E-state index < -0.39 is 0 Å². The third-order valence-electron chi connectivity index (χ3n) is 10.5. The van der Waals surface area contributed by atoms with Gasteiger partial charge in [0.25, 0.3) is 11.8 Å². The maximum absolute atomic E-state index is 13.4. The van der Waals surface area contributed by atoms with Crippen LogP contribution in [-0.4, -0.2) is 97.6 Å². The van der Waals surface area contributed by atoms with Gasteiger partial charge in [-0.25, -0.2) is 0 Å². The van der Waals surface area contributed by atoms with Crippen molar-refractivity contribution < 1.29 is 38.7 Å². The van der Waals surface area contributed by atoms with Crippen molar-refractivity contribution in [2.75, 3.05) is 65.2 Å². The molecule has 2 aromatic carbocycles. The number of carbonyl (C=O) groups is 2. The molecule has 0 unspecified atom stereocenters. The number of rotatable bonds is 14. The Balaban J connectivity index is 0.977. The number of methoxy groups -OCH3 is 2. The van der Waals surface area contributed by atoms with Crippen LogP contribution in [0.25, 0.3) is 0 Å². The third kappa shape index (κ3) is 6.76. The van der Waals surface area contributed by atoms with E-state index in [-0.39, 0.29) is 47.9 Å². The van der Waals surface area contributed by atoms with E-state index in [2.05, 4.69) is 0 Å². The van der Waals surface area contributed by atoms with Gasteiger partial charge in [-0.05, 0) is 80.8 Å². The number of anilines is 2. The second kappa shape index (κ2) is 13.3. The van der Waals surface area contributed by atoms with Crippen LogP contribution in [0.1, 0.15) is 78.5 Å². The van der Waals surface area contributed by atoms with E-state index >= 15 is 0 Å². The Labute approximate surface area is 275 Å². The van der Waals surface area contributed by atoms with Crippen molar-refractivity contribution in [3.05, 3.63) is 35.4 Å². The fraction of sp³-hybridized carbons (Fsp3) is 0.600. The summed E-state index contributed by atoms with van der Waals surface area (Å²) >= 11 is 0. The highest BCUT2D eigenvalue weighted by molar-refractivity contribution is 6.01. The van der Waals surface area contributed by atoms with Gasteiger partial charge >= 0.3 is 0 Å². The fourth-order valence-electron chi connectivity index (χ4n) is 7.33. The van der Waals surface area contributed by atoms with Crippen LogP contribution in [0.4, 0.5) is 11.4 Å². The first-order chi connectivity index (χ1) is 22.6. The van der Waals surface area contributed by atoms with E-state index in [1.54, 1.807) is 34.1 Å². The predicted molar refractivity (Wildman–Crippen MR) is 176 cm³/mol. The highest BCUT2D eigenvalue weighted by Crippen LogP contribution is 2.56. The molecular weight excluding hydrogens is 604 g/mol. The third-order valence-corrected chi connectivity index (χ3v) is 10.5. The van der Waals surface area contributed by atoms with Crippen LogP contribution in [0, 0.1) is 10.8 Å². The number of likely N-dealkylation sites (tertiary alicyclic amines) is 2. The van der Waals surface area contributed by atoms with Gasteiger partial charge in [0.2, 0.25) is 0 Å². The minimum absolute atomic E-state index is 0.0581. The van der Waals surface area contributed by atoms with E-state index in [0.717, 1.165) is 57.8 Å². The van der Waals surface area contributed by atoms with Crippen molar-refractivity contribution in [2.45, 2.75) is 69.9 Å². The summed E-state index contributed by atoms with van der Waals surface area (Å²) in [5.74, 6) is 1.42. The molecule has 256 valence electrons.